The number of piperidine rings is 3. The zero-order valence-electron chi connectivity index (χ0n) is 13.7. The number of nitrogens with zero attached hydrogens (tertiary/aromatic N) is 1. The zero-order valence-corrected chi connectivity index (χ0v) is 14.5. The molecule has 0 spiro atoms. The van der Waals surface area contributed by atoms with Crippen molar-refractivity contribution in [1.29, 1.82) is 0 Å². The number of fused-ring (bicyclic) bond motifs is 3. The molecule has 3 heterocycles. The molecule has 3 fully saturated rings. The van der Waals surface area contributed by atoms with Crippen LogP contribution in [-0.4, -0.2) is 36.5 Å². The van der Waals surface area contributed by atoms with Crippen molar-refractivity contribution in [3.05, 3.63) is 60.2 Å². The summed E-state index contributed by atoms with van der Waals surface area (Å²) in [7, 11) is 0. The van der Waals surface area contributed by atoms with Crippen molar-refractivity contribution in [2.75, 3.05) is 19.6 Å². The van der Waals surface area contributed by atoms with Crippen molar-refractivity contribution in [2.24, 2.45) is 5.92 Å². The van der Waals surface area contributed by atoms with Crippen LogP contribution in [0.1, 0.15) is 23.2 Å². The van der Waals surface area contributed by atoms with E-state index in [4.69, 9.17) is 0 Å². The molecule has 0 aliphatic carbocycles. The summed E-state index contributed by atoms with van der Waals surface area (Å²) >= 11 is 1.72. The number of amides is 1. The Bertz CT molecular complexity index is 693. The monoisotopic (exact) mass is 338 g/mol. The summed E-state index contributed by atoms with van der Waals surface area (Å²) in [6.45, 7) is 3.41. The summed E-state index contributed by atoms with van der Waals surface area (Å²) in [4.78, 5) is 17.3. The van der Waals surface area contributed by atoms with Crippen LogP contribution in [0.25, 0.3) is 0 Å². The maximum Gasteiger partial charge on any atom is 0.251 e. The lowest BCUT2D eigenvalue weighted by Crippen LogP contribution is -2.57. The molecule has 2 bridgehead atoms. The molecule has 2 aromatic carbocycles. The van der Waals surface area contributed by atoms with E-state index in [1.807, 2.05) is 42.5 Å². The average Bonchev–Trinajstić information content (AvgIpc) is 2.64. The lowest BCUT2D eigenvalue weighted by atomic mass is 9.84. The molecule has 24 heavy (non-hydrogen) atoms. The third kappa shape index (κ3) is 3.50. The maximum atomic E-state index is 12.5. The first-order valence-electron chi connectivity index (χ1n) is 8.64. The van der Waals surface area contributed by atoms with Crippen LogP contribution in [0.5, 0.6) is 0 Å². The second-order valence-electron chi connectivity index (χ2n) is 6.66. The third-order valence-corrected chi connectivity index (χ3v) is 6.08. The Morgan fingerprint density at radius 2 is 1.62 bits per heavy atom. The van der Waals surface area contributed by atoms with Gasteiger partial charge in [-0.2, -0.15) is 0 Å². The fraction of sp³-hybridized carbons (Fsp3) is 0.350. The van der Waals surface area contributed by atoms with Crippen molar-refractivity contribution in [2.45, 2.75) is 28.7 Å². The minimum absolute atomic E-state index is 0.0602. The Balaban J connectivity index is 1.38. The fourth-order valence-electron chi connectivity index (χ4n) is 3.68. The molecular formula is C20H22N2OS. The van der Waals surface area contributed by atoms with Crippen LogP contribution in [0.15, 0.2) is 64.4 Å². The Kier molecular flexibility index (Phi) is 4.58. The Hall–Kier alpha value is -1.78. The Labute approximate surface area is 147 Å². The van der Waals surface area contributed by atoms with Gasteiger partial charge in [0.1, 0.15) is 0 Å². The quantitative estimate of drug-likeness (QED) is 0.923. The SMILES string of the molecule is O=C(N[C@H]1CN2CCC1CC2)c1ccc(Sc2ccccc2)cc1. The molecule has 5 rings (SSSR count). The molecule has 3 saturated heterocycles. The first-order chi connectivity index (χ1) is 11.8. The van der Waals surface area contributed by atoms with E-state index in [1.165, 1.54) is 30.8 Å². The molecule has 2 aromatic rings. The van der Waals surface area contributed by atoms with E-state index >= 15 is 0 Å². The lowest BCUT2D eigenvalue weighted by Gasteiger charge is -2.44. The standard InChI is InChI=1S/C20H22N2OS/c23-20(21-19-14-22-12-10-15(19)11-13-22)16-6-8-18(9-7-16)24-17-4-2-1-3-5-17/h1-9,15,19H,10-14H2,(H,21,23)/t19-/m0/s1. The van der Waals surface area contributed by atoms with Crippen LogP contribution in [0.2, 0.25) is 0 Å². The molecule has 4 heteroatoms. The van der Waals surface area contributed by atoms with Crippen LogP contribution >= 0.6 is 11.8 Å². The maximum absolute atomic E-state index is 12.5. The van der Waals surface area contributed by atoms with Gasteiger partial charge in [-0.3, -0.25) is 4.79 Å². The molecule has 3 aliphatic rings. The minimum Gasteiger partial charge on any atom is -0.348 e. The molecule has 1 amide bonds. The summed E-state index contributed by atoms with van der Waals surface area (Å²) < 4.78 is 0. The fourth-order valence-corrected chi connectivity index (χ4v) is 4.52. The van der Waals surface area contributed by atoms with Gasteiger partial charge in [-0.25, -0.2) is 0 Å². The van der Waals surface area contributed by atoms with Gasteiger partial charge >= 0.3 is 0 Å². The van der Waals surface area contributed by atoms with Gasteiger partial charge in [0.25, 0.3) is 5.91 Å². The van der Waals surface area contributed by atoms with E-state index in [0.29, 0.717) is 12.0 Å². The van der Waals surface area contributed by atoms with Crippen LogP contribution < -0.4 is 5.32 Å². The summed E-state index contributed by atoms with van der Waals surface area (Å²) in [5, 5.41) is 3.25. The molecule has 3 nitrogen and oxygen atoms in total. The van der Waals surface area contributed by atoms with Crippen LogP contribution in [0.3, 0.4) is 0 Å². The van der Waals surface area contributed by atoms with E-state index in [9.17, 15) is 4.79 Å². The predicted octanol–water partition coefficient (Wildman–Crippen LogP) is 3.66. The molecule has 1 N–H and O–H groups in total. The van der Waals surface area contributed by atoms with Crippen LogP contribution in [0, 0.1) is 5.92 Å². The van der Waals surface area contributed by atoms with E-state index in [2.05, 4.69) is 22.3 Å². The van der Waals surface area contributed by atoms with Crippen molar-refractivity contribution in [1.82, 2.24) is 10.2 Å². The third-order valence-electron chi connectivity index (χ3n) is 5.07. The topological polar surface area (TPSA) is 32.3 Å². The number of carbonyl (C=O) groups excluding carboxylic acids is 1. The highest BCUT2D eigenvalue weighted by Gasteiger charge is 2.34. The van der Waals surface area contributed by atoms with E-state index in [-0.39, 0.29) is 5.91 Å². The summed E-state index contributed by atoms with van der Waals surface area (Å²) in [5.74, 6) is 0.719. The van der Waals surface area contributed by atoms with Gasteiger partial charge < -0.3 is 10.2 Å². The number of hydrogen-bond donors (Lipinski definition) is 1. The van der Waals surface area contributed by atoms with E-state index in [0.717, 1.165) is 17.0 Å². The molecule has 0 saturated carbocycles. The molecule has 0 radical (unpaired) electrons. The number of carbonyl (C=O) groups is 1. The summed E-state index contributed by atoms with van der Waals surface area (Å²) in [5.41, 5.74) is 0.754. The second-order valence-corrected chi connectivity index (χ2v) is 7.80. The molecule has 3 aliphatic heterocycles. The van der Waals surface area contributed by atoms with Gasteiger partial charge in [0.2, 0.25) is 0 Å². The number of nitrogens with one attached hydrogen (secondary N) is 1. The van der Waals surface area contributed by atoms with Crippen molar-refractivity contribution >= 4 is 17.7 Å². The van der Waals surface area contributed by atoms with Crippen molar-refractivity contribution < 1.29 is 4.79 Å². The molecule has 0 unspecified atom stereocenters. The van der Waals surface area contributed by atoms with Crippen molar-refractivity contribution in [3.8, 4) is 0 Å². The molecular weight excluding hydrogens is 316 g/mol. The number of rotatable bonds is 4. The first kappa shape index (κ1) is 15.7. The van der Waals surface area contributed by atoms with Crippen LogP contribution in [0.4, 0.5) is 0 Å². The van der Waals surface area contributed by atoms with Crippen LogP contribution in [-0.2, 0) is 0 Å². The number of benzene rings is 2. The Morgan fingerprint density at radius 1 is 0.958 bits per heavy atom. The molecule has 0 aromatic heterocycles. The summed E-state index contributed by atoms with van der Waals surface area (Å²) in [6.07, 6.45) is 2.44. The number of hydrogen-bond acceptors (Lipinski definition) is 3. The predicted molar refractivity (Wildman–Crippen MR) is 97.4 cm³/mol. The van der Waals surface area contributed by atoms with Gasteiger partial charge in [0.05, 0.1) is 0 Å². The molecule has 1 atom stereocenters. The minimum atomic E-state index is 0.0602. The van der Waals surface area contributed by atoms with Gasteiger partial charge in [-0.15, -0.1) is 0 Å². The van der Waals surface area contributed by atoms with Gasteiger partial charge in [-0.05, 0) is 68.2 Å². The Morgan fingerprint density at radius 3 is 2.25 bits per heavy atom. The highest BCUT2D eigenvalue weighted by Crippen LogP contribution is 2.29. The highest BCUT2D eigenvalue weighted by atomic mass is 32.2. The smallest absolute Gasteiger partial charge is 0.251 e. The van der Waals surface area contributed by atoms with E-state index in [1.54, 1.807) is 11.8 Å². The van der Waals surface area contributed by atoms with Gasteiger partial charge in [0, 0.05) is 27.9 Å². The summed E-state index contributed by atoms with van der Waals surface area (Å²) in [6, 6.07) is 18.5. The van der Waals surface area contributed by atoms with Crippen molar-refractivity contribution in [3.63, 3.8) is 0 Å². The first-order valence-corrected chi connectivity index (χ1v) is 9.46. The largest absolute Gasteiger partial charge is 0.348 e. The zero-order chi connectivity index (χ0) is 16.4. The normalized spacial score (nSPS) is 25.4. The van der Waals surface area contributed by atoms with E-state index < -0.39 is 0 Å². The van der Waals surface area contributed by atoms with Gasteiger partial charge in [-0.1, -0.05) is 30.0 Å². The lowest BCUT2D eigenvalue weighted by molar-refractivity contribution is 0.0620. The molecule has 124 valence electrons. The second kappa shape index (κ2) is 6.99. The average molecular weight is 338 g/mol. The van der Waals surface area contributed by atoms with Gasteiger partial charge in [0.15, 0.2) is 0 Å². The highest BCUT2D eigenvalue weighted by molar-refractivity contribution is 7.99.